The summed E-state index contributed by atoms with van der Waals surface area (Å²) in [6, 6.07) is 5.71. The average molecular weight is 429 g/mol. The first kappa shape index (κ1) is 21.5. The second-order valence-corrected chi connectivity index (χ2v) is 8.33. The highest BCUT2D eigenvalue weighted by Gasteiger charge is 2.65. The van der Waals surface area contributed by atoms with Crippen molar-refractivity contribution in [2.45, 2.75) is 76.2 Å². The summed E-state index contributed by atoms with van der Waals surface area (Å²) in [7, 11) is 0. The van der Waals surface area contributed by atoms with Gasteiger partial charge in [-0.25, -0.2) is 9.50 Å². The van der Waals surface area contributed by atoms with Crippen molar-refractivity contribution in [1.82, 2.24) is 14.6 Å². The number of fused-ring (bicyclic) bond motifs is 2. The van der Waals surface area contributed by atoms with Gasteiger partial charge >= 0.3 is 5.97 Å². The standard InChI is InChI=1S/C21H27N5O5/c1-4-5-6-7-16(27)28-10-14-17-18(31-20(2,3)30-17)21(11-22,29-14)15-9-8-13-19(23)24-12-25-26(13)15/h8-9,12,14,17-18H,4-7,10H2,1-3H3,(H2,23,24,25)/t14-,17-,18-,21+/m1/s1. The van der Waals surface area contributed by atoms with Crippen molar-refractivity contribution in [2.24, 2.45) is 0 Å². The summed E-state index contributed by atoms with van der Waals surface area (Å²) in [6.45, 7) is 5.59. The number of carbonyl (C=O) groups excluding carboxylic acids is 1. The van der Waals surface area contributed by atoms with Gasteiger partial charge in [0.1, 0.15) is 42.8 Å². The molecule has 0 spiro atoms. The first-order valence-electron chi connectivity index (χ1n) is 10.5. The van der Waals surface area contributed by atoms with Gasteiger partial charge in [0.25, 0.3) is 0 Å². The van der Waals surface area contributed by atoms with Crippen LogP contribution < -0.4 is 5.73 Å². The number of unbranched alkanes of at least 4 members (excludes halogenated alkanes) is 2. The first-order chi connectivity index (χ1) is 14.8. The number of hydrogen-bond donors (Lipinski definition) is 1. The predicted octanol–water partition coefficient (Wildman–Crippen LogP) is 2.07. The zero-order valence-corrected chi connectivity index (χ0v) is 17.9. The number of nitriles is 1. The lowest BCUT2D eigenvalue weighted by atomic mass is 9.92. The number of aromatic nitrogens is 3. The minimum absolute atomic E-state index is 0.0323. The van der Waals surface area contributed by atoms with E-state index < -0.39 is 29.7 Å². The maximum Gasteiger partial charge on any atom is 0.305 e. The fourth-order valence-electron chi connectivity index (χ4n) is 4.23. The molecule has 2 aromatic heterocycles. The lowest BCUT2D eigenvalue weighted by Crippen LogP contribution is -2.40. The molecular formula is C21H27N5O5. The summed E-state index contributed by atoms with van der Waals surface area (Å²) in [5, 5.41) is 14.5. The molecule has 166 valence electrons. The molecule has 0 aromatic carbocycles. The molecule has 2 saturated heterocycles. The molecule has 2 fully saturated rings. The van der Waals surface area contributed by atoms with Crippen LogP contribution in [0, 0.1) is 11.3 Å². The van der Waals surface area contributed by atoms with Gasteiger partial charge in [-0.3, -0.25) is 4.79 Å². The minimum Gasteiger partial charge on any atom is -0.463 e. The zero-order chi connectivity index (χ0) is 22.2. The number of carbonyl (C=O) groups is 1. The molecule has 0 amide bonds. The van der Waals surface area contributed by atoms with E-state index >= 15 is 0 Å². The van der Waals surface area contributed by atoms with Crippen LogP contribution in [0.3, 0.4) is 0 Å². The molecule has 10 heteroatoms. The van der Waals surface area contributed by atoms with Gasteiger partial charge in [0.2, 0.25) is 5.60 Å². The molecule has 2 aromatic rings. The Morgan fingerprint density at radius 1 is 1.32 bits per heavy atom. The third-order valence-corrected chi connectivity index (χ3v) is 5.65. The van der Waals surface area contributed by atoms with Crippen molar-refractivity contribution >= 4 is 17.3 Å². The summed E-state index contributed by atoms with van der Waals surface area (Å²) < 4.78 is 25.3. The fourth-order valence-corrected chi connectivity index (χ4v) is 4.23. The van der Waals surface area contributed by atoms with Crippen LogP contribution in [0.25, 0.3) is 5.52 Å². The highest BCUT2D eigenvalue weighted by atomic mass is 16.8. The van der Waals surface area contributed by atoms with Crippen molar-refractivity contribution < 1.29 is 23.7 Å². The van der Waals surface area contributed by atoms with Crippen LogP contribution >= 0.6 is 0 Å². The molecule has 0 unspecified atom stereocenters. The van der Waals surface area contributed by atoms with E-state index in [1.54, 1.807) is 26.0 Å². The van der Waals surface area contributed by atoms with E-state index in [1.165, 1.54) is 10.8 Å². The highest BCUT2D eigenvalue weighted by Crippen LogP contribution is 2.49. The van der Waals surface area contributed by atoms with Gasteiger partial charge < -0.3 is 24.7 Å². The van der Waals surface area contributed by atoms with E-state index in [-0.39, 0.29) is 18.4 Å². The Kier molecular flexibility index (Phi) is 5.60. The van der Waals surface area contributed by atoms with Crippen molar-refractivity contribution in [1.29, 1.82) is 5.26 Å². The van der Waals surface area contributed by atoms with Gasteiger partial charge in [-0.15, -0.1) is 0 Å². The van der Waals surface area contributed by atoms with Crippen molar-refractivity contribution in [3.05, 3.63) is 24.2 Å². The topological polar surface area (TPSA) is 134 Å². The Bertz CT molecular complexity index is 1020. The normalized spacial score (nSPS) is 29.0. The van der Waals surface area contributed by atoms with Crippen LogP contribution in [0.4, 0.5) is 5.82 Å². The largest absolute Gasteiger partial charge is 0.463 e. The molecule has 4 rings (SSSR count). The molecule has 0 saturated carbocycles. The lowest BCUT2D eigenvalue weighted by Gasteiger charge is -2.28. The fraction of sp³-hybridized carbons (Fsp3) is 0.619. The Hall–Kier alpha value is -2.74. The SMILES string of the molecule is CCCCCC(=O)OC[C@H]1O[C@@](C#N)(c2ccc3c(N)ncnn23)[C@@H]2OC(C)(C)O[C@@H]21. The highest BCUT2D eigenvalue weighted by molar-refractivity contribution is 5.69. The van der Waals surface area contributed by atoms with Gasteiger partial charge in [0, 0.05) is 6.42 Å². The Balaban J connectivity index is 1.63. The third-order valence-electron chi connectivity index (χ3n) is 5.65. The Morgan fingerprint density at radius 3 is 2.87 bits per heavy atom. The van der Waals surface area contributed by atoms with Gasteiger partial charge in [0.15, 0.2) is 11.6 Å². The Morgan fingerprint density at radius 2 is 2.13 bits per heavy atom. The molecule has 10 nitrogen and oxygen atoms in total. The summed E-state index contributed by atoms with van der Waals surface area (Å²) in [5.41, 5.74) is 5.43. The molecule has 31 heavy (non-hydrogen) atoms. The lowest BCUT2D eigenvalue weighted by molar-refractivity contribution is -0.206. The maximum absolute atomic E-state index is 12.1. The van der Waals surface area contributed by atoms with E-state index in [4.69, 9.17) is 24.7 Å². The van der Waals surface area contributed by atoms with E-state index in [0.29, 0.717) is 17.6 Å². The molecular weight excluding hydrogens is 402 g/mol. The first-order valence-corrected chi connectivity index (χ1v) is 10.5. The number of nitrogen functional groups attached to an aromatic ring is 1. The van der Waals surface area contributed by atoms with Gasteiger partial charge in [-0.2, -0.15) is 10.4 Å². The minimum atomic E-state index is -1.52. The summed E-state index contributed by atoms with van der Waals surface area (Å²) in [5.74, 6) is -0.939. The predicted molar refractivity (Wildman–Crippen MR) is 108 cm³/mol. The number of esters is 1. The summed E-state index contributed by atoms with van der Waals surface area (Å²) in [6.07, 6.45) is 2.41. The number of anilines is 1. The molecule has 4 atom stereocenters. The van der Waals surface area contributed by atoms with Crippen LogP contribution in [0.2, 0.25) is 0 Å². The van der Waals surface area contributed by atoms with E-state index in [9.17, 15) is 10.1 Å². The molecule has 4 heterocycles. The molecule has 2 aliphatic heterocycles. The van der Waals surface area contributed by atoms with E-state index in [2.05, 4.69) is 23.1 Å². The van der Waals surface area contributed by atoms with Crippen LogP contribution in [0.15, 0.2) is 18.5 Å². The van der Waals surface area contributed by atoms with Crippen LogP contribution in [0.5, 0.6) is 0 Å². The maximum atomic E-state index is 12.1. The number of rotatable bonds is 7. The van der Waals surface area contributed by atoms with Crippen molar-refractivity contribution in [3.63, 3.8) is 0 Å². The van der Waals surface area contributed by atoms with E-state index in [1.807, 2.05) is 0 Å². The summed E-state index contributed by atoms with van der Waals surface area (Å²) in [4.78, 5) is 16.1. The molecule has 0 radical (unpaired) electrons. The number of nitrogens with zero attached hydrogens (tertiary/aromatic N) is 4. The van der Waals surface area contributed by atoms with Crippen LogP contribution in [0.1, 0.15) is 52.1 Å². The van der Waals surface area contributed by atoms with Gasteiger partial charge in [-0.1, -0.05) is 19.8 Å². The monoisotopic (exact) mass is 429 g/mol. The van der Waals surface area contributed by atoms with Crippen molar-refractivity contribution in [2.75, 3.05) is 12.3 Å². The number of nitrogens with two attached hydrogens (primary N) is 1. The third kappa shape index (κ3) is 3.73. The second-order valence-electron chi connectivity index (χ2n) is 8.33. The van der Waals surface area contributed by atoms with Crippen LogP contribution in [-0.2, 0) is 29.3 Å². The molecule has 0 bridgehead atoms. The molecule has 2 aliphatic rings. The van der Waals surface area contributed by atoms with Crippen molar-refractivity contribution in [3.8, 4) is 6.07 Å². The van der Waals surface area contributed by atoms with Gasteiger partial charge in [-0.05, 0) is 32.4 Å². The second kappa shape index (κ2) is 8.07. The molecule has 0 aliphatic carbocycles. The van der Waals surface area contributed by atoms with Crippen LogP contribution in [-0.4, -0.2) is 51.3 Å². The summed E-state index contributed by atoms with van der Waals surface area (Å²) >= 11 is 0. The Labute approximate surface area is 180 Å². The quantitative estimate of drug-likeness (QED) is 0.518. The van der Waals surface area contributed by atoms with E-state index in [0.717, 1.165) is 19.3 Å². The zero-order valence-electron chi connectivity index (χ0n) is 17.9. The molecule has 2 N–H and O–H groups in total. The van der Waals surface area contributed by atoms with Gasteiger partial charge in [0.05, 0.1) is 5.69 Å². The average Bonchev–Trinajstić information content (AvgIpc) is 3.38. The number of ether oxygens (including phenoxy) is 4. The number of hydrogen-bond acceptors (Lipinski definition) is 9. The smallest absolute Gasteiger partial charge is 0.305 e.